The highest BCUT2D eigenvalue weighted by Crippen LogP contribution is 2.30. The Labute approximate surface area is 126 Å². The number of rotatable bonds is 4. The van der Waals surface area contributed by atoms with Gasteiger partial charge in [-0.05, 0) is 44.2 Å². The van der Waals surface area contributed by atoms with Crippen LogP contribution in [0.4, 0.5) is 5.82 Å². The maximum atomic E-state index is 6.14. The molecule has 0 radical (unpaired) electrons. The minimum Gasteiger partial charge on any atom is -0.354 e. The molecular formula is C16H24ClN3. The predicted octanol–water partition coefficient (Wildman–Crippen LogP) is 2.97. The third-order valence-corrected chi connectivity index (χ3v) is 4.74. The SMILES string of the molecule is Cc1cc(C)c(CCl)c(N2CCN(CC3CC3)CC2)n1. The van der Waals surface area contributed by atoms with Gasteiger partial charge in [-0.3, -0.25) is 4.90 Å². The summed E-state index contributed by atoms with van der Waals surface area (Å²) in [5.74, 6) is 2.65. The van der Waals surface area contributed by atoms with Gasteiger partial charge in [0.1, 0.15) is 5.82 Å². The van der Waals surface area contributed by atoms with Crippen molar-refractivity contribution >= 4 is 17.4 Å². The van der Waals surface area contributed by atoms with Crippen LogP contribution in [0.15, 0.2) is 6.07 Å². The lowest BCUT2D eigenvalue weighted by atomic mass is 10.1. The molecule has 1 aliphatic heterocycles. The topological polar surface area (TPSA) is 19.4 Å². The zero-order valence-electron chi connectivity index (χ0n) is 12.5. The Balaban J connectivity index is 1.70. The molecule has 1 saturated heterocycles. The molecule has 4 heteroatoms. The summed E-state index contributed by atoms with van der Waals surface area (Å²) in [5.41, 5.74) is 3.56. The summed E-state index contributed by atoms with van der Waals surface area (Å²) in [6.45, 7) is 9.98. The van der Waals surface area contributed by atoms with Crippen LogP contribution in [0, 0.1) is 19.8 Å². The van der Waals surface area contributed by atoms with Crippen LogP contribution in [0.25, 0.3) is 0 Å². The highest BCUT2D eigenvalue weighted by atomic mass is 35.5. The van der Waals surface area contributed by atoms with Gasteiger partial charge in [-0.1, -0.05) is 0 Å². The number of aryl methyl sites for hydroxylation is 2. The number of hydrogen-bond donors (Lipinski definition) is 0. The predicted molar refractivity (Wildman–Crippen MR) is 84.6 cm³/mol. The average molecular weight is 294 g/mol. The van der Waals surface area contributed by atoms with Crippen molar-refractivity contribution in [1.82, 2.24) is 9.88 Å². The molecule has 0 atom stereocenters. The van der Waals surface area contributed by atoms with Gasteiger partial charge in [0.05, 0.1) is 5.88 Å². The van der Waals surface area contributed by atoms with E-state index in [9.17, 15) is 0 Å². The number of aromatic nitrogens is 1. The molecule has 1 aromatic rings. The minimum absolute atomic E-state index is 0.552. The molecular weight excluding hydrogens is 270 g/mol. The molecule has 0 aromatic carbocycles. The highest BCUT2D eigenvalue weighted by Gasteiger charge is 2.27. The summed E-state index contributed by atoms with van der Waals surface area (Å²) >= 11 is 6.14. The number of pyridine rings is 1. The summed E-state index contributed by atoms with van der Waals surface area (Å²) < 4.78 is 0. The van der Waals surface area contributed by atoms with Gasteiger partial charge in [0.2, 0.25) is 0 Å². The number of nitrogens with zero attached hydrogens (tertiary/aromatic N) is 3. The van der Waals surface area contributed by atoms with E-state index in [1.165, 1.54) is 30.5 Å². The Kier molecular flexibility index (Phi) is 4.18. The largest absolute Gasteiger partial charge is 0.354 e. The highest BCUT2D eigenvalue weighted by molar-refractivity contribution is 6.17. The van der Waals surface area contributed by atoms with Crippen LogP contribution in [0.1, 0.15) is 29.7 Å². The van der Waals surface area contributed by atoms with E-state index < -0.39 is 0 Å². The first kappa shape index (κ1) is 14.2. The molecule has 110 valence electrons. The number of halogens is 1. The number of alkyl halides is 1. The summed E-state index contributed by atoms with van der Waals surface area (Å²) in [4.78, 5) is 9.78. The summed E-state index contributed by atoms with van der Waals surface area (Å²) in [7, 11) is 0. The summed E-state index contributed by atoms with van der Waals surface area (Å²) in [6, 6.07) is 2.13. The summed E-state index contributed by atoms with van der Waals surface area (Å²) in [6.07, 6.45) is 2.88. The first-order valence-electron chi connectivity index (χ1n) is 7.67. The normalized spacial score (nSPS) is 20.4. The number of anilines is 1. The van der Waals surface area contributed by atoms with Gasteiger partial charge in [0, 0.05) is 44.0 Å². The Morgan fingerprint density at radius 3 is 2.50 bits per heavy atom. The van der Waals surface area contributed by atoms with Crippen LogP contribution in [0.2, 0.25) is 0 Å². The van der Waals surface area contributed by atoms with Gasteiger partial charge in [-0.25, -0.2) is 4.98 Å². The third kappa shape index (κ3) is 3.09. The monoisotopic (exact) mass is 293 g/mol. The molecule has 0 amide bonds. The van der Waals surface area contributed by atoms with E-state index in [0.717, 1.165) is 43.6 Å². The van der Waals surface area contributed by atoms with Crippen LogP contribution in [-0.2, 0) is 5.88 Å². The molecule has 20 heavy (non-hydrogen) atoms. The van der Waals surface area contributed by atoms with Crippen molar-refractivity contribution in [2.45, 2.75) is 32.6 Å². The molecule has 1 saturated carbocycles. The van der Waals surface area contributed by atoms with Crippen molar-refractivity contribution in [3.8, 4) is 0 Å². The zero-order chi connectivity index (χ0) is 14.1. The standard InChI is InChI=1S/C16H24ClN3/c1-12-9-13(2)18-16(15(12)10-17)20-7-5-19(6-8-20)11-14-3-4-14/h9,14H,3-8,10-11H2,1-2H3. The fourth-order valence-electron chi connectivity index (χ4n) is 3.08. The molecule has 1 aliphatic carbocycles. The Hall–Kier alpha value is -0.800. The van der Waals surface area contributed by atoms with Crippen molar-refractivity contribution in [3.05, 3.63) is 22.9 Å². The van der Waals surface area contributed by atoms with Crippen LogP contribution in [-0.4, -0.2) is 42.6 Å². The Bertz CT molecular complexity index is 477. The lowest BCUT2D eigenvalue weighted by Gasteiger charge is -2.36. The molecule has 2 aliphatic rings. The molecule has 3 nitrogen and oxygen atoms in total. The molecule has 2 heterocycles. The van der Waals surface area contributed by atoms with E-state index in [2.05, 4.69) is 29.7 Å². The van der Waals surface area contributed by atoms with E-state index in [1.807, 2.05) is 0 Å². The first-order valence-corrected chi connectivity index (χ1v) is 8.21. The van der Waals surface area contributed by atoms with Gasteiger partial charge >= 0.3 is 0 Å². The second kappa shape index (κ2) is 5.90. The van der Waals surface area contributed by atoms with Gasteiger partial charge < -0.3 is 4.90 Å². The number of hydrogen-bond acceptors (Lipinski definition) is 3. The molecule has 0 spiro atoms. The van der Waals surface area contributed by atoms with Gasteiger partial charge in [-0.2, -0.15) is 0 Å². The smallest absolute Gasteiger partial charge is 0.133 e. The van der Waals surface area contributed by atoms with Crippen molar-refractivity contribution in [2.75, 3.05) is 37.6 Å². The average Bonchev–Trinajstić information content (AvgIpc) is 3.23. The second-order valence-electron chi connectivity index (χ2n) is 6.25. The van der Waals surface area contributed by atoms with Gasteiger partial charge in [0.15, 0.2) is 0 Å². The van der Waals surface area contributed by atoms with Crippen LogP contribution in [0.5, 0.6) is 0 Å². The molecule has 1 aromatic heterocycles. The molecule has 0 N–H and O–H groups in total. The van der Waals surface area contributed by atoms with Crippen molar-refractivity contribution in [1.29, 1.82) is 0 Å². The quantitative estimate of drug-likeness (QED) is 0.796. The van der Waals surface area contributed by atoms with E-state index in [4.69, 9.17) is 16.6 Å². The van der Waals surface area contributed by atoms with Gasteiger partial charge in [-0.15, -0.1) is 11.6 Å². The molecule has 0 unspecified atom stereocenters. The van der Waals surface area contributed by atoms with E-state index in [0.29, 0.717) is 5.88 Å². The maximum absolute atomic E-state index is 6.14. The lowest BCUT2D eigenvalue weighted by Crippen LogP contribution is -2.47. The molecule has 3 rings (SSSR count). The second-order valence-corrected chi connectivity index (χ2v) is 6.51. The van der Waals surface area contributed by atoms with Crippen molar-refractivity contribution in [2.24, 2.45) is 5.92 Å². The molecule has 2 fully saturated rings. The van der Waals surface area contributed by atoms with E-state index in [1.54, 1.807) is 0 Å². The Morgan fingerprint density at radius 2 is 1.90 bits per heavy atom. The van der Waals surface area contributed by atoms with Crippen LogP contribution in [0.3, 0.4) is 0 Å². The third-order valence-electron chi connectivity index (χ3n) is 4.47. The summed E-state index contributed by atoms with van der Waals surface area (Å²) in [5, 5.41) is 0. The van der Waals surface area contributed by atoms with E-state index >= 15 is 0 Å². The lowest BCUT2D eigenvalue weighted by molar-refractivity contribution is 0.247. The van der Waals surface area contributed by atoms with Crippen LogP contribution < -0.4 is 4.90 Å². The minimum atomic E-state index is 0.552. The first-order chi connectivity index (χ1) is 9.67. The number of piperazine rings is 1. The fourth-order valence-corrected chi connectivity index (χ4v) is 3.41. The fraction of sp³-hybridized carbons (Fsp3) is 0.688. The Morgan fingerprint density at radius 1 is 1.20 bits per heavy atom. The van der Waals surface area contributed by atoms with Crippen LogP contribution >= 0.6 is 11.6 Å². The zero-order valence-corrected chi connectivity index (χ0v) is 13.3. The van der Waals surface area contributed by atoms with E-state index in [-0.39, 0.29) is 0 Å². The van der Waals surface area contributed by atoms with Crippen molar-refractivity contribution < 1.29 is 0 Å². The van der Waals surface area contributed by atoms with Gasteiger partial charge in [0.25, 0.3) is 0 Å². The maximum Gasteiger partial charge on any atom is 0.133 e. The van der Waals surface area contributed by atoms with Crippen molar-refractivity contribution in [3.63, 3.8) is 0 Å². The molecule has 0 bridgehead atoms.